The first kappa shape index (κ1) is 15.5. The summed E-state index contributed by atoms with van der Waals surface area (Å²) in [5.74, 6) is -0.0383. The zero-order valence-corrected chi connectivity index (χ0v) is 12.7. The van der Waals surface area contributed by atoms with Crippen LogP contribution in [0.1, 0.15) is 49.9 Å². The number of carbonyl (C=O) groups excluding carboxylic acids is 1. The largest absolute Gasteiger partial charge is 0.367 e. The number of Topliss-reactive ketones (excluding diaryl/α,β-unsaturated/α-hetero) is 1. The van der Waals surface area contributed by atoms with E-state index in [1.54, 1.807) is 0 Å². The molecule has 1 aromatic carbocycles. The van der Waals surface area contributed by atoms with Gasteiger partial charge in [0, 0.05) is 12.2 Å². The lowest BCUT2D eigenvalue weighted by Gasteiger charge is -2.38. The van der Waals surface area contributed by atoms with Crippen LogP contribution < -0.4 is 0 Å². The molecular weight excluding hydrogens is 279 g/mol. The number of carbonyl (C=O) groups is 1. The van der Waals surface area contributed by atoms with E-state index in [9.17, 15) is 9.18 Å². The zero-order chi connectivity index (χ0) is 14.8. The average molecular weight is 299 g/mol. The molecule has 0 heterocycles. The second-order valence-corrected chi connectivity index (χ2v) is 5.97. The number of ether oxygens (including phenoxy) is 1. The number of halogens is 2. The van der Waals surface area contributed by atoms with Crippen molar-refractivity contribution in [2.75, 3.05) is 6.61 Å². The molecule has 1 fully saturated rings. The van der Waals surface area contributed by atoms with Gasteiger partial charge in [-0.3, -0.25) is 4.79 Å². The van der Waals surface area contributed by atoms with Crippen molar-refractivity contribution in [2.45, 2.75) is 45.1 Å². The van der Waals surface area contributed by atoms with Crippen molar-refractivity contribution in [3.8, 4) is 0 Å². The Morgan fingerprint density at radius 3 is 2.70 bits per heavy atom. The molecule has 0 amide bonds. The molecule has 0 unspecified atom stereocenters. The second-order valence-electron chi connectivity index (χ2n) is 5.56. The van der Waals surface area contributed by atoms with E-state index in [-0.39, 0.29) is 16.4 Å². The molecule has 0 radical (unpaired) electrons. The van der Waals surface area contributed by atoms with Crippen LogP contribution in [0.15, 0.2) is 18.2 Å². The molecule has 0 aromatic heterocycles. The summed E-state index contributed by atoms with van der Waals surface area (Å²) in [6, 6.07) is 3.90. The Morgan fingerprint density at radius 2 is 2.10 bits per heavy atom. The summed E-state index contributed by atoms with van der Waals surface area (Å²) in [5.41, 5.74) is -0.603. The molecule has 0 N–H and O–H groups in total. The highest BCUT2D eigenvalue weighted by atomic mass is 35.5. The van der Waals surface area contributed by atoms with Gasteiger partial charge in [-0.2, -0.15) is 0 Å². The smallest absolute Gasteiger partial charge is 0.196 e. The molecule has 1 aliphatic rings. The highest BCUT2D eigenvalue weighted by Gasteiger charge is 2.42. The maximum Gasteiger partial charge on any atom is 0.196 e. The molecule has 2 nitrogen and oxygen atoms in total. The summed E-state index contributed by atoms with van der Waals surface area (Å²) in [6.07, 6.45) is 3.23. The fourth-order valence-electron chi connectivity index (χ4n) is 2.86. The van der Waals surface area contributed by atoms with Crippen LogP contribution in [0.4, 0.5) is 4.39 Å². The minimum Gasteiger partial charge on any atom is -0.367 e. The lowest BCUT2D eigenvalue weighted by Crippen LogP contribution is -2.45. The van der Waals surface area contributed by atoms with Crippen molar-refractivity contribution < 1.29 is 13.9 Å². The predicted molar refractivity (Wildman–Crippen MR) is 77.7 cm³/mol. The Balaban J connectivity index is 2.34. The quantitative estimate of drug-likeness (QED) is 0.757. The van der Waals surface area contributed by atoms with Crippen LogP contribution in [0.2, 0.25) is 5.02 Å². The predicted octanol–water partition coefficient (Wildman–Crippen LogP) is 4.65. The molecule has 0 spiro atoms. The normalized spacial score (nSPS) is 26.5. The minimum absolute atomic E-state index is 0.184. The third-order valence-electron chi connectivity index (χ3n) is 4.09. The standard InChI is InChI=1S/C16H20ClFO2/c1-3-20-16(8-6-11(2)7-9-16)15(19)13-10-12(18)4-5-14(13)17/h4-5,10-11H,3,6-9H2,1-2H3. The summed E-state index contributed by atoms with van der Waals surface area (Å²) >= 11 is 6.06. The molecule has 2 rings (SSSR count). The van der Waals surface area contributed by atoms with Gasteiger partial charge in [0.1, 0.15) is 11.4 Å². The van der Waals surface area contributed by atoms with Crippen molar-refractivity contribution in [1.82, 2.24) is 0 Å². The van der Waals surface area contributed by atoms with E-state index in [2.05, 4.69) is 6.92 Å². The molecule has 110 valence electrons. The van der Waals surface area contributed by atoms with Crippen LogP contribution in [0, 0.1) is 11.7 Å². The van der Waals surface area contributed by atoms with E-state index in [1.165, 1.54) is 18.2 Å². The monoisotopic (exact) mass is 298 g/mol. The molecule has 1 saturated carbocycles. The van der Waals surface area contributed by atoms with Crippen molar-refractivity contribution in [3.05, 3.63) is 34.6 Å². The van der Waals surface area contributed by atoms with Crippen LogP contribution in [0.3, 0.4) is 0 Å². The molecule has 1 aromatic rings. The highest BCUT2D eigenvalue weighted by molar-refractivity contribution is 6.34. The Morgan fingerprint density at radius 1 is 1.45 bits per heavy atom. The van der Waals surface area contributed by atoms with Gasteiger partial charge in [-0.15, -0.1) is 0 Å². The average Bonchev–Trinajstić information content (AvgIpc) is 2.44. The summed E-state index contributed by atoms with van der Waals surface area (Å²) in [6.45, 7) is 4.52. The summed E-state index contributed by atoms with van der Waals surface area (Å²) in [7, 11) is 0. The third kappa shape index (κ3) is 3.04. The fraction of sp³-hybridized carbons (Fsp3) is 0.562. The van der Waals surface area contributed by atoms with Gasteiger partial charge in [0.25, 0.3) is 0 Å². The van der Waals surface area contributed by atoms with Crippen molar-refractivity contribution in [1.29, 1.82) is 0 Å². The molecule has 4 heteroatoms. The lowest BCUT2D eigenvalue weighted by atomic mass is 9.75. The fourth-order valence-corrected chi connectivity index (χ4v) is 3.06. The molecule has 20 heavy (non-hydrogen) atoms. The van der Waals surface area contributed by atoms with Crippen molar-refractivity contribution in [3.63, 3.8) is 0 Å². The number of rotatable bonds is 4. The highest BCUT2D eigenvalue weighted by Crippen LogP contribution is 2.38. The van der Waals surface area contributed by atoms with Gasteiger partial charge in [-0.05, 0) is 56.7 Å². The topological polar surface area (TPSA) is 26.3 Å². The lowest BCUT2D eigenvalue weighted by molar-refractivity contribution is -0.0474. The van der Waals surface area contributed by atoms with Gasteiger partial charge in [0.15, 0.2) is 5.78 Å². The first-order valence-electron chi connectivity index (χ1n) is 7.12. The van der Waals surface area contributed by atoms with E-state index in [4.69, 9.17) is 16.3 Å². The van der Waals surface area contributed by atoms with Gasteiger partial charge in [0.05, 0.1) is 5.02 Å². The molecule has 0 atom stereocenters. The Bertz CT molecular complexity index is 493. The number of ketones is 1. The second kappa shape index (κ2) is 6.23. The third-order valence-corrected chi connectivity index (χ3v) is 4.42. The summed E-state index contributed by atoms with van der Waals surface area (Å²) in [5, 5.41) is 0.286. The molecule has 0 bridgehead atoms. The summed E-state index contributed by atoms with van der Waals surface area (Å²) < 4.78 is 19.2. The van der Waals surface area contributed by atoms with Crippen LogP contribution in [-0.4, -0.2) is 18.0 Å². The van der Waals surface area contributed by atoms with E-state index in [0.717, 1.165) is 12.8 Å². The molecule has 1 aliphatic carbocycles. The van der Waals surface area contributed by atoms with Gasteiger partial charge < -0.3 is 4.74 Å². The molecule has 0 saturated heterocycles. The van der Waals surface area contributed by atoms with E-state index in [1.807, 2.05) is 6.92 Å². The van der Waals surface area contributed by atoms with Crippen molar-refractivity contribution >= 4 is 17.4 Å². The van der Waals surface area contributed by atoms with Crippen LogP contribution in [0.5, 0.6) is 0 Å². The SMILES string of the molecule is CCOC1(C(=O)c2cc(F)ccc2Cl)CCC(C)CC1. The van der Waals surface area contributed by atoms with Crippen LogP contribution >= 0.6 is 11.6 Å². The molecule has 0 aliphatic heterocycles. The Hall–Kier alpha value is -0.930. The van der Waals surface area contributed by atoms with E-state index in [0.29, 0.717) is 25.4 Å². The first-order valence-corrected chi connectivity index (χ1v) is 7.50. The van der Waals surface area contributed by atoms with Crippen LogP contribution in [-0.2, 0) is 4.74 Å². The number of benzene rings is 1. The summed E-state index contributed by atoms with van der Waals surface area (Å²) in [4.78, 5) is 12.8. The Labute approximate surface area is 124 Å². The maximum atomic E-state index is 13.4. The van der Waals surface area contributed by atoms with Crippen molar-refractivity contribution in [2.24, 2.45) is 5.92 Å². The maximum absolute atomic E-state index is 13.4. The minimum atomic E-state index is -0.835. The van der Waals surface area contributed by atoms with Gasteiger partial charge in [-0.25, -0.2) is 4.39 Å². The Kier molecular flexibility index (Phi) is 4.82. The molecular formula is C16H20ClFO2. The number of hydrogen-bond acceptors (Lipinski definition) is 2. The first-order chi connectivity index (χ1) is 9.48. The van der Waals surface area contributed by atoms with E-state index < -0.39 is 11.4 Å². The van der Waals surface area contributed by atoms with E-state index >= 15 is 0 Å². The van der Waals surface area contributed by atoms with Gasteiger partial charge in [0.2, 0.25) is 0 Å². The van der Waals surface area contributed by atoms with Gasteiger partial charge >= 0.3 is 0 Å². The number of hydrogen-bond donors (Lipinski definition) is 0. The van der Waals surface area contributed by atoms with Gasteiger partial charge in [-0.1, -0.05) is 18.5 Å². The van der Waals surface area contributed by atoms with Crippen LogP contribution in [0.25, 0.3) is 0 Å². The zero-order valence-electron chi connectivity index (χ0n) is 11.9.